The summed E-state index contributed by atoms with van der Waals surface area (Å²) in [4.78, 5) is 39.6. The van der Waals surface area contributed by atoms with Crippen LogP contribution in [-0.2, 0) is 9.59 Å². The number of nitrogens with zero attached hydrogens (tertiary/aromatic N) is 3. The van der Waals surface area contributed by atoms with Gasteiger partial charge in [-0.15, -0.1) is 0 Å². The van der Waals surface area contributed by atoms with E-state index in [0.29, 0.717) is 17.9 Å². The summed E-state index contributed by atoms with van der Waals surface area (Å²) in [7, 11) is 3.72. The summed E-state index contributed by atoms with van der Waals surface area (Å²) in [5.74, 6) is -1.22. The minimum Gasteiger partial charge on any atom is -0.507 e. The third kappa shape index (κ3) is 5.20. The number of rotatable bonds is 8. The molecule has 33 heavy (non-hydrogen) atoms. The van der Waals surface area contributed by atoms with Gasteiger partial charge in [0.25, 0.3) is 17.4 Å². The number of carbonyl (C=O) groups is 2. The SMILES string of the molecule is CC(C)Oc1ccc(C2/C(=C(/O)c3ccc([N+](=O)[O-])cc3)C(=O)C(=O)N2CCN(C)C)cc1. The smallest absolute Gasteiger partial charge is 0.295 e. The van der Waals surface area contributed by atoms with E-state index in [1.54, 1.807) is 24.3 Å². The zero-order valence-electron chi connectivity index (χ0n) is 19.0. The molecule has 1 amide bonds. The Labute approximate surface area is 192 Å². The van der Waals surface area contributed by atoms with Crippen molar-refractivity contribution in [2.45, 2.75) is 26.0 Å². The van der Waals surface area contributed by atoms with Gasteiger partial charge in [0, 0.05) is 30.8 Å². The van der Waals surface area contributed by atoms with E-state index in [-0.39, 0.29) is 35.2 Å². The third-order valence-corrected chi connectivity index (χ3v) is 5.25. The van der Waals surface area contributed by atoms with Crippen LogP contribution in [0.25, 0.3) is 5.76 Å². The van der Waals surface area contributed by atoms with Crippen LogP contribution in [0.3, 0.4) is 0 Å². The maximum atomic E-state index is 13.0. The highest BCUT2D eigenvalue weighted by Gasteiger charge is 2.45. The van der Waals surface area contributed by atoms with Gasteiger partial charge in [0.15, 0.2) is 0 Å². The number of benzene rings is 2. The lowest BCUT2D eigenvalue weighted by molar-refractivity contribution is -0.384. The molecule has 1 atom stereocenters. The lowest BCUT2D eigenvalue weighted by Gasteiger charge is -2.26. The molecule has 9 nitrogen and oxygen atoms in total. The van der Waals surface area contributed by atoms with Crippen molar-refractivity contribution in [3.8, 4) is 5.75 Å². The van der Waals surface area contributed by atoms with E-state index in [4.69, 9.17) is 4.74 Å². The van der Waals surface area contributed by atoms with Gasteiger partial charge in [0.05, 0.1) is 22.6 Å². The molecular formula is C24H27N3O6. The molecule has 0 radical (unpaired) electrons. The number of amides is 1. The Hall–Kier alpha value is -3.72. The Morgan fingerprint density at radius 3 is 2.24 bits per heavy atom. The normalized spacial score (nSPS) is 17.8. The van der Waals surface area contributed by atoms with Crippen LogP contribution < -0.4 is 4.74 Å². The Morgan fingerprint density at radius 2 is 1.73 bits per heavy atom. The minimum atomic E-state index is -0.798. The van der Waals surface area contributed by atoms with Gasteiger partial charge in [-0.1, -0.05) is 12.1 Å². The number of Topliss-reactive ketones (excluding diaryl/α,β-unsaturated/α-hetero) is 1. The maximum absolute atomic E-state index is 13.0. The number of nitro benzene ring substituents is 1. The zero-order valence-corrected chi connectivity index (χ0v) is 19.0. The van der Waals surface area contributed by atoms with Gasteiger partial charge in [0.2, 0.25) is 0 Å². The van der Waals surface area contributed by atoms with Gasteiger partial charge in [-0.3, -0.25) is 19.7 Å². The van der Waals surface area contributed by atoms with E-state index in [0.717, 1.165) is 0 Å². The van der Waals surface area contributed by atoms with Crippen LogP contribution >= 0.6 is 0 Å². The summed E-state index contributed by atoms with van der Waals surface area (Å²) in [5.41, 5.74) is 0.670. The first-order valence-corrected chi connectivity index (χ1v) is 10.5. The van der Waals surface area contributed by atoms with Crippen molar-refractivity contribution < 1.29 is 24.4 Å². The third-order valence-electron chi connectivity index (χ3n) is 5.25. The Kier molecular flexibility index (Phi) is 7.13. The van der Waals surface area contributed by atoms with Crippen molar-refractivity contribution in [3.05, 3.63) is 75.3 Å². The number of non-ortho nitro benzene ring substituents is 1. The van der Waals surface area contributed by atoms with Crippen LogP contribution in [0.15, 0.2) is 54.1 Å². The highest BCUT2D eigenvalue weighted by Crippen LogP contribution is 2.39. The van der Waals surface area contributed by atoms with Crippen LogP contribution in [0.4, 0.5) is 5.69 Å². The minimum absolute atomic E-state index is 0.0104. The molecule has 2 aromatic carbocycles. The van der Waals surface area contributed by atoms with E-state index in [1.165, 1.54) is 29.2 Å². The van der Waals surface area contributed by atoms with E-state index in [9.17, 15) is 24.8 Å². The molecule has 1 aliphatic heterocycles. The van der Waals surface area contributed by atoms with E-state index < -0.39 is 22.7 Å². The number of nitro groups is 1. The number of likely N-dealkylation sites (N-methyl/N-ethyl adjacent to an activating group) is 1. The van der Waals surface area contributed by atoms with Crippen LogP contribution in [0.5, 0.6) is 5.75 Å². The number of hydrogen-bond donors (Lipinski definition) is 1. The van der Waals surface area contributed by atoms with E-state index in [2.05, 4.69) is 0 Å². The van der Waals surface area contributed by atoms with Crippen LogP contribution in [-0.4, -0.2) is 64.8 Å². The summed E-state index contributed by atoms with van der Waals surface area (Å²) in [6.07, 6.45) is -0.0104. The van der Waals surface area contributed by atoms with Crippen LogP contribution in [0.2, 0.25) is 0 Å². The maximum Gasteiger partial charge on any atom is 0.295 e. The molecule has 1 N–H and O–H groups in total. The molecular weight excluding hydrogens is 426 g/mol. The molecule has 0 aromatic heterocycles. The molecule has 1 heterocycles. The van der Waals surface area contributed by atoms with Crippen molar-refractivity contribution in [2.24, 2.45) is 0 Å². The highest BCUT2D eigenvalue weighted by atomic mass is 16.6. The molecule has 1 unspecified atom stereocenters. The van der Waals surface area contributed by atoms with Crippen molar-refractivity contribution >= 4 is 23.1 Å². The molecule has 0 spiro atoms. The number of aliphatic hydroxyl groups excluding tert-OH is 1. The fraction of sp³-hybridized carbons (Fsp3) is 0.333. The molecule has 1 aliphatic rings. The predicted octanol–water partition coefficient (Wildman–Crippen LogP) is 3.37. The van der Waals surface area contributed by atoms with Gasteiger partial charge in [0.1, 0.15) is 11.5 Å². The Bertz CT molecular complexity index is 1070. The van der Waals surface area contributed by atoms with E-state index in [1.807, 2.05) is 32.8 Å². The molecule has 2 aromatic rings. The molecule has 0 saturated carbocycles. The monoisotopic (exact) mass is 453 g/mol. The Morgan fingerprint density at radius 1 is 1.12 bits per heavy atom. The largest absolute Gasteiger partial charge is 0.507 e. The topological polar surface area (TPSA) is 113 Å². The van der Waals surface area contributed by atoms with Crippen molar-refractivity contribution in [2.75, 3.05) is 27.2 Å². The van der Waals surface area contributed by atoms with Gasteiger partial charge in [-0.2, -0.15) is 0 Å². The number of aliphatic hydroxyl groups is 1. The lowest BCUT2D eigenvalue weighted by Crippen LogP contribution is -2.35. The number of ketones is 1. The van der Waals surface area contributed by atoms with Crippen molar-refractivity contribution in [1.82, 2.24) is 9.80 Å². The first-order chi connectivity index (χ1) is 15.6. The summed E-state index contributed by atoms with van der Waals surface area (Å²) in [6.45, 7) is 4.63. The molecule has 0 aliphatic carbocycles. The van der Waals surface area contributed by atoms with Gasteiger partial charge >= 0.3 is 0 Å². The molecule has 3 rings (SSSR count). The summed E-state index contributed by atoms with van der Waals surface area (Å²) in [5, 5.41) is 22.0. The second-order valence-corrected chi connectivity index (χ2v) is 8.34. The van der Waals surface area contributed by atoms with Crippen molar-refractivity contribution in [3.63, 3.8) is 0 Å². The first kappa shape index (κ1) is 23.9. The summed E-state index contributed by atoms with van der Waals surface area (Å²) < 4.78 is 5.68. The van der Waals surface area contributed by atoms with Crippen LogP contribution in [0.1, 0.15) is 31.0 Å². The number of hydrogen-bond acceptors (Lipinski definition) is 7. The fourth-order valence-electron chi connectivity index (χ4n) is 3.66. The summed E-state index contributed by atoms with van der Waals surface area (Å²) in [6, 6.07) is 11.4. The number of ether oxygens (including phenoxy) is 1. The average Bonchev–Trinajstić information content (AvgIpc) is 3.02. The highest BCUT2D eigenvalue weighted by molar-refractivity contribution is 6.46. The molecule has 1 fully saturated rings. The van der Waals surface area contributed by atoms with Crippen LogP contribution in [0, 0.1) is 10.1 Å². The van der Waals surface area contributed by atoms with Gasteiger partial charge in [-0.25, -0.2) is 0 Å². The van der Waals surface area contributed by atoms with Gasteiger partial charge in [-0.05, 0) is 57.8 Å². The zero-order chi connectivity index (χ0) is 24.3. The standard InChI is InChI=1S/C24H27N3O6/c1-15(2)33-19-11-7-16(8-12-19)21-20(23(29)24(30)26(21)14-13-25(3)4)22(28)17-5-9-18(10-6-17)27(31)32/h5-12,15,21,28H,13-14H2,1-4H3/b22-20-. The van der Waals surface area contributed by atoms with Crippen molar-refractivity contribution in [1.29, 1.82) is 0 Å². The summed E-state index contributed by atoms with van der Waals surface area (Å²) >= 11 is 0. The quantitative estimate of drug-likeness (QED) is 0.214. The van der Waals surface area contributed by atoms with Gasteiger partial charge < -0.3 is 19.6 Å². The molecule has 0 bridgehead atoms. The van der Waals surface area contributed by atoms with E-state index >= 15 is 0 Å². The molecule has 174 valence electrons. The second-order valence-electron chi connectivity index (χ2n) is 8.34. The molecule has 9 heteroatoms. The second kappa shape index (κ2) is 9.83. The lowest BCUT2D eigenvalue weighted by atomic mass is 9.95. The predicted molar refractivity (Wildman–Crippen MR) is 123 cm³/mol. The number of likely N-dealkylation sites (tertiary alicyclic amines) is 1. The molecule has 1 saturated heterocycles. The fourth-order valence-corrected chi connectivity index (χ4v) is 3.66. The average molecular weight is 453 g/mol. The number of carbonyl (C=O) groups excluding carboxylic acids is 2. The Balaban J connectivity index is 2.08. The first-order valence-electron chi connectivity index (χ1n) is 10.5.